The SMILES string of the molecule is CCCOc1nc(Cl)nc(N(C)CCOCC)n1. The highest BCUT2D eigenvalue weighted by molar-refractivity contribution is 6.28. The van der Waals surface area contributed by atoms with Crippen LogP contribution in [0.15, 0.2) is 0 Å². The standard InChI is InChI=1S/C11H19ClN4O2/c1-4-7-18-11-14-9(12)13-10(15-11)16(3)6-8-17-5-2/h4-8H2,1-3H3. The third-order valence-corrected chi connectivity index (χ3v) is 2.30. The molecule has 1 aromatic heterocycles. The van der Waals surface area contributed by atoms with Gasteiger partial charge in [0, 0.05) is 20.2 Å². The second kappa shape index (κ2) is 8.05. The first kappa shape index (κ1) is 14.9. The highest BCUT2D eigenvalue weighted by Crippen LogP contribution is 2.14. The summed E-state index contributed by atoms with van der Waals surface area (Å²) in [5, 5.41) is 0.134. The van der Waals surface area contributed by atoms with Crippen molar-refractivity contribution in [3.05, 3.63) is 5.28 Å². The van der Waals surface area contributed by atoms with Gasteiger partial charge in [0.05, 0.1) is 13.2 Å². The van der Waals surface area contributed by atoms with Gasteiger partial charge in [0.1, 0.15) is 0 Å². The number of anilines is 1. The lowest BCUT2D eigenvalue weighted by Gasteiger charge is -2.17. The van der Waals surface area contributed by atoms with Gasteiger partial charge in [-0.05, 0) is 24.9 Å². The molecular weight excluding hydrogens is 256 g/mol. The van der Waals surface area contributed by atoms with Crippen molar-refractivity contribution in [1.29, 1.82) is 0 Å². The van der Waals surface area contributed by atoms with Crippen molar-refractivity contribution in [2.75, 3.05) is 38.3 Å². The molecule has 0 aliphatic carbocycles. The molecule has 0 saturated carbocycles. The van der Waals surface area contributed by atoms with E-state index in [1.165, 1.54) is 0 Å². The number of halogens is 1. The number of hydrogen-bond acceptors (Lipinski definition) is 6. The molecular formula is C11H19ClN4O2. The summed E-state index contributed by atoms with van der Waals surface area (Å²) < 4.78 is 10.6. The van der Waals surface area contributed by atoms with E-state index in [2.05, 4.69) is 15.0 Å². The van der Waals surface area contributed by atoms with Crippen molar-refractivity contribution in [3.8, 4) is 6.01 Å². The average Bonchev–Trinajstić information content (AvgIpc) is 2.36. The first-order chi connectivity index (χ1) is 8.67. The van der Waals surface area contributed by atoms with Crippen LogP contribution in [0.3, 0.4) is 0 Å². The molecule has 0 spiro atoms. The van der Waals surface area contributed by atoms with Gasteiger partial charge in [-0.3, -0.25) is 0 Å². The molecule has 1 rings (SSSR count). The summed E-state index contributed by atoms with van der Waals surface area (Å²) in [4.78, 5) is 14.0. The number of rotatable bonds is 8. The molecule has 0 aliphatic heterocycles. The van der Waals surface area contributed by atoms with Crippen LogP contribution < -0.4 is 9.64 Å². The van der Waals surface area contributed by atoms with E-state index in [0.29, 0.717) is 32.3 Å². The Morgan fingerprint density at radius 1 is 1.17 bits per heavy atom. The van der Waals surface area contributed by atoms with Crippen LogP contribution in [0.2, 0.25) is 5.28 Å². The van der Waals surface area contributed by atoms with Crippen LogP contribution >= 0.6 is 11.6 Å². The van der Waals surface area contributed by atoms with Crippen molar-refractivity contribution < 1.29 is 9.47 Å². The maximum atomic E-state index is 5.83. The molecule has 0 fully saturated rings. The zero-order valence-corrected chi connectivity index (χ0v) is 11.8. The molecule has 0 radical (unpaired) electrons. The molecule has 1 aromatic rings. The van der Waals surface area contributed by atoms with Crippen molar-refractivity contribution in [2.45, 2.75) is 20.3 Å². The van der Waals surface area contributed by atoms with Gasteiger partial charge in [0.25, 0.3) is 0 Å². The Morgan fingerprint density at radius 3 is 2.61 bits per heavy atom. The summed E-state index contributed by atoms with van der Waals surface area (Å²) in [7, 11) is 1.87. The molecule has 18 heavy (non-hydrogen) atoms. The van der Waals surface area contributed by atoms with Gasteiger partial charge in [-0.15, -0.1) is 0 Å². The first-order valence-electron chi connectivity index (χ1n) is 6.00. The lowest BCUT2D eigenvalue weighted by atomic mass is 10.5. The summed E-state index contributed by atoms with van der Waals surface area (Å²) >= 11 is 5.83. The Kier molecular flexibility index (Phi) is 6.67. The zero-order valence-electron chi connectivity index (χ0n) is 11.0. The Labute approximate surface area is 112 Å². The van der Waals surface area contributed by atoms with Crippen molar-refractivity contribution in [2.24, 2.45) is 0 Å². The van der Waals surface area contributed by atoms with Gasteiger partial charge in [-0.2, -0.15) is 15.0 Å². The third kappa shape index (κ3) is 5.01. The quantitative estimate of drug-likeness (QED) is 0.674. The summed E-state index contributed by atoms with van der Waals surface area (Å²) in [5.41, 5.74) is 0. The molecule has 0 unspecified atom stereocenters. The fraction of sp³-hybridized carbons (Fsp3) is 0.727. The predicted octanol–water partition coefficient (Wildman–Crippen LogP) is 1.79. The highest BCUT2D eigenvalue weighted by Gasteiger charge is 2.09. The minimum atomic E-state index is 0.134. The topological polar surface area (TPSA) is 60.4 Å². The Bertz CT molecular complexity index is 365. The van der Waals surface area contributed by atoms with E-state index in [0.717, 1.165) is 6.42 Å². The molecule has 6 nitrogen and oxygen atoms in total. The highest BCUT2D eigenvalue weighted by atomic mass is 35.5. The molecule has 0 aliphatic rings. The fourth-order valence-electron chi connectivity index (χ4n) is 1.20. The van der Waals surface area contributed by atoms with Crippen LogP contribution in [-0.2, 0) is 4.74 Å². The molecule has 0 aromatic carbocycles. The van der Waals surface area contributed by atoms with Crippen LogP contribution in [0.1, 0.15) is 20.3 Å². The second-order valence-corrected chi connectivity index (χ2v) is 3.99. The van der Waals surface area contributed by atoms with E-state index in [1.54, 1.807) is 0 Å². The lowest BCUT2D eigenvalue weighted by molar-refractivity contribution is 0.154. The van der Waals surface area contributed by atoms with Gasteiger partial charge in [-0.25, -0.2) is 0 Å². The number of likely N-dealkylation sites (N-methyl/N-ethyl adjacent to an activating group) is 1. The van der Waals surface area contributed by atoms with Crippen molar-refractivity contribution in [1.82, 2.24) is 15.0 Å². The number of ether oxygens (including phenoxy) is 2. The summed E-state index contributed by atoms with van der Waals surface area (Å²) in [6, 6.07) is 0.259. The molecule has 0 amide bonds. The maximum Gasteiger partial charge on any atom is 0.322 e. The minimum Gasteiger partial charge on any atom is -0.463 e. The average molecular weight is 275 g/mol. The van der Waals surface area contributed by atoms with Crippen LogP contribution in [0.5, 0.6) is 6.01 Å². The van der Waals surface area contributed by atoms with Gasteiger partial charge >= 0.3 is 6.01 Å². The van der Waals surface area contributed by atoms with Gasteiger partial charge in [-0.1, -0.05) is 6.92 Å². The molecule has 0 atom stereocenters. The van der Waals surface area contributed by atoms with Crippen molar-refractivity contribution >= 4 is 17.5 Å². The number of hydrogen-bond donors (Lipinski definition) is 0. The number of nitrogens with zero attached hydrogens (tertiary/aromatic N) is 4. The van der Waals surface area contributed by atoms with E-state index in [4.69, 9.17) is 21.1 Å². The number of aromatic nitrogens is 3. The molecule has 0 N–H and O–H groups in total. The monoisotopic (exact) mass is 274 g/mol. The van der Waals surface area contributed by atoms with Crippen LogP contribution in [0.4, 0.5) is 5.95 Å². The van der Waals surface area contributed by atoms with E-state index < -0.39 is 0 Å². The Morgan fingerprint density at radius 2 is 1.94 bits per heavy atom. The molecule has 0 bridgehead atoms. The molecule has 0 saturated heterocycles. The van der Waals surface area contributed by atoms with E-state index in [-0.39, 0.29) is 11.3 Å². The first-order valence-corrected chi connectivity index (χ1v) is 6.38. The van der Waals surface area contributed by atoms with Gasteiger partial charge in [0.2, 0.25) is 11.2 Å². The van der Waals surface area contributed by atoms with Crippen molar-refractivity contribution in [3.63, 3.8) is 0 Å². The third-order valence-electron chi connectivity index (χ3n) is 2.13. The predicted molar refractivity (Wildman–Crippen MR) is 70.4 cm³/mol. The summed E-state index contributed by atoms with van der Waals surface area (Å²) in [6.45, 7) is 6.51. The van der Waals surface area contributed by atoms with E-state index >= 15 is 0 Å². The van der Waals surface area contributed by atoms with Gasteiger partial charge in [0.15, 0.2) is 0 Å². The Balaban J connectivity index is 2.65. The fourth-order valence-corrected chi connectivity index (χ4v) is 1.34. The Hall–Kier alpha value is -1.14. The van der Waals surface area contributed by atoms with Crippen LogP contribution in [-0.4, -0.2) is 48.4 Å². The minimum absolute atomic E-state index is 0.134. The zero-order chi connectivity index (χ0) is 13.4. The summed E-state index contributed by atoms with van der Waals surface area (Å²) in [6.07, 6.45) is 0.888. The normalized spacial score (nSPS) is 10.4. The maximum absolute atomic E-state index is 5.83. The lowest BCUT2D eigenvalue weighted by Crippen LogP contribution is -2.25. The second-order valence-electron chi connectivity index (χ2n) is 3.65. The van der Waals surface area contributed by atoms with Crippen LogP contribution in [0, 0.1) is 0 Å². The molecule has 7 heteroatoms. The molecule has 102 valence electrons. The van der Waals surface area contributed by atoms with E-state index in [1.807, 2.05) is 25.8 Å². The van der Waals surface area contributed by atoms with E-state index in [9.17, 15) is 0 Å². The largest absolute Gasteiger partial charge is 0.463 e. The van der Waals surface area contributed by atoms with Gasteiger partial charge < -0.3 is 14.4 Å². The molecule has 1 heterocycles. The summed E-state index contributed by atoms with van der Waals surface area (Å²) in [5.74, 6) is 0.487. The smallest absolute Gasteiger partial charge is 0.322 e. The van der Waals surface area contributed by atoms with Crippen LogP contribution in [0.25, 0.3) is 0 Å².